The van der Waals surface area contributed by atoms with E-state index in [1.165, 1.54) is 0 Å². The molecule has 3 N–H and O–H groups in total. The highest BCUT2D eigenvalue weighted by atomic mass is 16.5. The standard InChI is InChI=1S/C13H20N2O2/c1-10(17-2)9-15-13(16)8-7-11-5-3-4-6-12(11)14/h3-6,10H,7-9,14H2,1-2H3,(H,15,16). The molecule has 0 spiro atoms. The molecular weight excluding hydrogens is 216 g/mol. The molecule has 94 valence electrons. The second-order valence-electron chi connectivity index (χ2n) is 4.05. The Balaban J connectivity index is 2.31. The van der Waals surface area contributed by atoms with E-state index in [1.807, 2.05) is 31.2 Å². The number of nitrogens with two attached hydrogens (primary N) is 1. The van der Waals surface area contributed by atoms with E-state index in [0.717, 1.165) is 11.3 Å². The molecule has 0 fully saturated rings. The number of benzene rings is 1. The summed E-state index contributed by atoms with van der Waals surface area (Å²) in [5, 5.41) is 2.82. The molecule has 1 amide bonds. The zero-order valence-electron chi connectivity index (χ0n) is 10.4. The summed E-state index contributed by atoms with van der Waals surface area (Å²) in [6.07, 6.45) is 1.16. The third-order valence-corrected chi connectivity index (χ3v) is 2.67. The van der Waals surface area contributed by atoms with Crippen molar-refractivity contribution in [3.8, 4) is 0 Å². The summed E-state index contributed by atoms with van der Waals surface area (Å²) in [6, 6.07) is 7.61. The molecule has 0 saturated heterocycles. The molecule has 1 aromatic carbocycles. The minimum Gasteiger partial charge on any atom is -0.399 e. The van der Waals surface area contributed by atoms with Crippen molar-refractivity contribution in [1.82, 2.24) is 5.32 Å². The van der Waals surface area contributed by atoms with Crippen molar-refractivity contribution in [3.05, 3.63) is 29.8 Å². The highest BCUT2D eigenvalue weighted by Gasteiger charge is 2.05. The maximum absolute atomic E-state index is 11.5. The second-order valence-corrected chi connectivity index (χ2v) is 4.05. The number of nitrogens with one attached hydrogen (secondary N) is 1. The summed E-state index contributed by atoms with van der Waals surface area (Å²) in [7, 11) is 1.63. The molecule has 0 aliphatic heterocycles. The number of rotatable bonds is 6. The van der Waals surface area contributed by atoms with E-state index in [2.05, 4.69) is 5.32 Å². The first-order valence-electron chi connectivity index (χ1n) is 5.76. The number of anilines is 1. The fourth-order valence-corrected chi connectivity index (χ4v) is 1.44. The number of hydrogen-bond acceptors (Lipinski definition) is 3. The monoisotopic (exact) mass is 236 g/mol. The van der Waals surface area contributed by atoms with Gasteiger partial charge in [-0.15, -0.1) is 0 Å². The number of amides is 1. The maximum Gasteiger partial charge on any atom is 0.220 e. The number of para-hydroxylation sites is 1. The molecule has 1 atom stereocenters. The maximum atomic E-state index is 11.5. The van der Waals surface area contributed by atoms with E-state index in [0.29, 0.717) is 19.4 Å². The van der Waals surface area contributed by atoms with Gasteiger partial charge in [-0.05, 0) is 25.0 Å². The SMILES string of the molecule is COC(C)CNC(=O)CCc1ccccc1N. The molecule has 0 aliphatic carbocycles. The molecule has 0 radical (unpaired) electrons. The molecule has 4 nitrogen and oxygen atoms in total. The Morgan fingerprint density at radius 3 is 2.82 bits per heavy atom. The van der Waals surface area contributed by atoms with Crippen LogP contribution in [0.15, 0.2) is 24.3 Å². The molecule has 1 rings (SSSR count). The lowest BCUT2D eigenvalue weighted by Crippen LogP contribution is -2.31. The lowest BCUT2D eigenvalue weighted by molar-refractivity contribution is -0.121. The van der Waals surface area contributed by atoms with Gasteiger partial charge < -0.3 is 15.8 Å². The van der Waals surface area contributed by atoms with Gasteiger partial charge in [-0.3, -0.25) is 4.79 Å². The third kappa shape index (κ3) is 4.87. The highest BCUT2D eigenvalue weighted by molar-refractivity contribution is 5.76. The van der Waals surface area contributed by atoms with E-state index in [1.54, 1.807) is 7.11 Å². The number of ether oxygens (including phenoxy) is 1. The Kier molecular flexibility index (Phi) is 5.49. The van der Waals surface area contributed by atoms with Gasteiger partial charge in [-0.25, -0.2) is 0 Å². The van der Waals surface area contributed by atoms with Crippen molar-refractivity contribution < 1.29 is 9.53 Å². The number of carbonyl (C=O) groups is 1. The van der Waals surface area contributed by atoms with Crippen LogP contribution in [0.2, 0.25) is 0 Å². The van der Waals surface area contributed by atoms with Gasteiger partial charge in [0.05, 0.1) is 6.10 Å². The predicted molar refractivity (Wildman–Crippen MR) is 68.7 cm³/mol. The van der Waals surface area contributed by atoms with Crippen LogP contribution < -0.4 is 11.1 Å². The summed E-state index contributed by atoms with van der Waals surface area (Å²) in [6.45, 7) is 2.45. The van der Waals surface area contributed by atoms with Gasteiger partial charge in [0.2, 0.25) is 5.91 Å². The van der Waals surface area contributed by atoms with Crippen molar-refractivity contribution in [2.45, 2.75) is 25.9 Å². The first-order valence-corrected chi connectivity index (χ1v) is 5.76. The van der Waals surface area contributed by atoms with Gasteiger partial charge in [0, 0.05) is 25.8 Å². The van der Waals surface area contributed by atoms with Crippen LogP contribution in [-0.2, 0) is 16.0 Å². The largest absolute Gasteiger partial charge is 0.399 e. The Bertz CT molecular complexity index is 366. The molecular formula is C13H20N2O2. The Hall–Kier alpha value is -1.55. The average molecular weight is 236 g/mol. The van der Waals surface area contributed by atoms with E-state index >= 15 is 0 Å². The molecule has 0 bridgehead atoms. The Morgan fingerprint density at radius 1 is 1.47 bits per heavy atom. The van der Waals surface area contributed by atoms with Crippen LogP contribution in [0.3, 0.4) is 0 Å². The van der Waals surface area contributed by atoms with Gasteiger partial charge >= 0.3 is 0 Å². The van der Waals surface area contributed by atoms with E-state index < -0.39 is 0 Å². The normalized spacial score (nSPS) is 12.1. The number of carbonyl (C=O) groups excluding carboxylic acids is 1. The van der Waals surface area contributed by atoms with Gasteiger partial charge in [0.1, 0.15) is 0 Å². The second kappa shape index (κ2) is 6.91. The lowest BCUT2D eigenvalue weighted by atomic mass is 10.1. The van der Waals surface area contributed by atoms with Gasteiger partial charge in [-0.2, -0.15) is 0 Å². The van der Waals surface area contributed by atoms with Gasteiger partial charge in [0.25, 0.3) is 0 Å². The molecule has 1 aromatic rings. The Labute approximate surface area is 102 Å². The van der Waals surface area contributed by atoms with Crippen molar-refractivity contribution in [1.29, 1.82) is 0 Å². The average Bonchev–Trinajstić information content (AvgIpc) is 2.35. The molecule has 0 heterocycles. The molecule has 1 unspecified atom stereocenters. The number of nitrogen functional groups attached to an aromatic ring is 1. The molecule has 0 aromatic heterocycles. The van der Waals surface area contributed by atoms with Crippen LogP contribution in [0.1, 0.15) is 18.9 Å². The van der Waals surface area contributed by atoms with E-state index in [9.17, 15) is 4.79 Å². The summed E-state index contributed by atoms with van der Waals surface area (Å²) in [5.74, 6) is 0.0251. The van der Waals surface area contributed by atoms with Crippen LogP contribution in [-0.4, -0.2) is 25.7 Å². The van der Waals surface area contributed by atoms with Crippen molar-refractivity contribution in [3.63, 3.8) is 0 Å². The third-order valence-electron chi connectivity index (χ3n) is 2.67. The first kappa shape index (κ1) is 13.5. The van der Waals surface area contributed by atoms with Crippen LogP contribution in [0.25, 0.3) is 0 Å². The molecule has 4 heteroatoms. The van der Waals surface area contributed by atoms with Crippen LogP contribution >= 0.6 is 0 Å². The van der Waals surface area contributed by atoms with Gasteiger partial charge in [0.15, 0.2) is 0 Å². The minimum absolute atomic E-state index is 0.0251. The van der Waals surface area contributed by atoms with Crippen LogP contribution in [0.5, 0.6) is 0 Å². The van der Waals surface area contributed by atoms with Gasteiger partial charge in [-0.1, -0.05) is 18.2 Å². The number of aryl methyl sites for hydroxylation is 1. The molecule has 0 saturated carbocycles. The first-order chi connectivity index (χ1) is 8.13. The topological polar surface area (TPSA) is 64.3 Å². The van der Waals surface area contributed by atoms with Crippen molar-refractivity contribution in [2.75, 3.05) is 19.4 Å². The fraction of sp³-hybridized carbons (Fsp3) is 0.462. The smallest absolute Gasteiger partial charge is 0.220 e. The molecule has 0 aliphatic rings. The highest BCUT2D eigenvalue weighted by Crippen LogP contribution is 2.12. The zero-order valence-corrected chi connectivity index (χ0v) is 10.4. The summed E-state index contributed by atoms with van der Waals surface area (Å²) in [4.78, 5) is 11.5. The quantitative estimate of drug-likeness (QED) is 0.733. The van der Waals surface area contributed by atoms with E-state index in [-0.39, 0.29) is 12.0 Å². The Morgan fingerprint density at radius 2 is 2.18 bits per heavy atom. The van der Waals surface area contributed by atoms with Crippen LogP contribution in [0, 0.1) is 0 Å². The van der Waals surface area contributed by atoms with E-state index in [4.69, 9.17) is 10.5 Å². The summed E-state index contributed by atoms with van der Waals surface area (Å²) in [5.41, 5.74) is 7.56. The van der Waals surface area contributed by atoms with Crippen LogP contribution in [0.4, 0.5) is 5.69 Å². The summed E-state index contributed by atoms with van der Waals surface area (Å²) < 4.78 is 5.05. The fourth-order valence-electron chi connectivity index (χ4n) is 1.44. The molecule has 17 heavy (non-hydrogen) atoms. The lowest BCUT2D eigenvalue weighted by Gasteiger charge is -2.11. The predicted octanol–water partition coefficient (Wildman–Crippen LogP) is 1.35. The minimum atomic E-state index is 0.0251. The number of methoxy groups -OCH3 is 1. The zero-order chi connectivity index (χ0) is 12.7. The summed E-state index contributed by atoms with van der Waals surface area (Å²) >= 11 is 0. The van der Waals surface area contributed by atoms with Crippen molar-refractivity contribution >= 4 is 11.6 Å². The number of hydrogen-bond donors (Lipinski definition) is 2. The van der Waals surface area contributed by atoms with Crippen molar-refractivity contribution in [2.24, 2.45) is 0 Å².